The van der Waals surface area contributed by atoms with Crippen LogP contribution in [0.25, 0.3) is 0 Å². The number of nitrogens with two attached hydrogens (primary N) is 1. The minimum Gasteiger partial charge on any atom is -0.377 e. The van der Waals surface area contributed by atoms with Crippen LogP contribution in [0.15, 0.2) is 29.2 Å². The van der Waals surface area contributed by atoms with Gasteiger partial charge in [0.25, 0.3) is 0 Å². The molecule has 6 heteroatoms. The molecule has 0 saturated carbocycles. The van der Waals surface area contributed by atoms with Crippen LogP contribution in [-0.2, 0) is 14.6 Å². The van der Waals surface area contributed by atoms with Crippen LogP contribution in [0.4, 0.5) is 4.39 Å². The molecule has 0 fully saturated rings. The molecule has 0 aliphatic rings. The summed E-state index contributed by atoms with van der Waals surface area (Å²) in [6.07, 6.45) is 0. The molecule has 0 aliphatic heterocycles. The van der Waals surface area contributed by atoms with E-state index in [0.717, 1.165) is 6.07 Å². The van der Waals surface area contributed by atoms with Crippen LogP contribution in [0.2, 0.25) is 0 Å². The molecular weight excluding hydrogens is 257 g/mol. The monoisotopic (exact) mass is 275 g/mol. The van der Waals surface area contributed by atoms with E-state index in [1.54, 1.807) is 13.8 Å². The average Bonchev–Trinajstić information content (AvgIpc) is 2.28. The predicted octanol–water partition coefficient (Wildman–Crippen LogP) is 1.35. The summed E-state index contributed by atoms with van der Waals surface area (Å²) < 4.78 is 42.3. The van der Waals surface area contributed by atoms with E-state index in [2.05, 4.69) is 0 Å². The van der Waals surface area contributed by atoms with Gasteiger partial charge in [0.05, 0.1) is 16.2 Å². The van der Waals surface area contributed by atoms with E-state index in [4.69, 9.17) is 10.5 Å². The zero-order chi connectivity index (χ0) is 14.0. The smallest absolute Gasteiger partial charge is 0.180 e. The Bertz CT molecular complexity index is 514. The Morgan fingerprint density at radius 3 is 2.56 bits per heavy atom. The molecule has 0 saturated heterocycles. The molecule has 4 nitrogen and oxygen atoms in total. The number of ether oxygens (including phenoxy) is 1. The summed E-state index contributed by atoms with van der Waals surface area (Å²) in [5.41, 5.74) is 5.06. The quantitative estimate of drug-likeness (QED) is 0.880. The van der Waals surface area contributed by atoms with E-state index in [9.17, 15) is 12.8 Å². The van der Waals surface area contributed by atoms with Gasteiger partial charge < -0.3 is 10.5 Å². The number of rotatable bonds is 5. The van der Waals surface area contributed by atoms with Crippen molar-refractivity contribution in [3.63, 3.8) is 0 Å². The molecular formula is C12H18FNO3S. The molecule has 18 heavy (non-hydrogen) atoms. The van der Waals surface area contributed by atoms with Crippen molar-refractivity contribution < 1.29 is 17.5 Å². The number of sulfone groups is 1. The molecule has 2 N–H and O–H groups in total. The summed E-state index contributed by atoms with van der Waals surface area (Å²) in [5, 5.41) is 0. The Labute approximate surface area is 107 Å². The van der Waals surface area contributed by atoms with Crippen LogP contribution in [0, 0.1) is 5.82 Å². The van der Waals surface area contributed by atoms with Gasteiger partial charge in [0.15, 0.2) is 9.84 Å². The normalized spacial score (nSPS) is 14.5. The van der Waals surface area contributed by atoms with Gasteiger partial charge in [-0.2, -0.15) is 0 Å². The largest absolute Gasteiger partial charge is 0.377 e. The number of hydrogen-bond donors (Lipinski definition) is 1. The van der Waals surface area contributed by atoms with Gasteiger partial charge in [-0.05, 0) is 32.0 Å². The second-order valence-corrected chi connectivity index (χ2v) is 6.69. The summed E-state index contributed by atoms with van der Waals surface area (Å²) in [6, 6.07) is 4.19. The molecule has 0 amide bonds. The van der Waals surface area contributed by atoms with Crippen molar-refractivity contribution in [3.8, 4) is 0 Å². The second kappa shape index (κ2) is 5.34. The number of halogens is 1. The Kier molecular flexibility index (Phi) is 4.47. The summed E-state index contributed by atoms with van der Waals surface area (Å²) >= 11 is 0. The first kappa shape index (κ1) is 15.1. The fourth-order valence-electron chi connectivity index (χ4n) is 1.35. The molecule has 0 aromatic heterocycles. The first-order chi connectivity index (χ1) is 8.19. The van der Waals surface area contributed by atoms with Gasteiger partial charge in [0.1, 0.15) is 5.82 Å². The molecule has 0 bridgehead atoms. The van der Waals surface area contributed by atoms with Crippen molar-refractivity contribution in [1.29, 1.82) is 0 Å². The zero-order valence-electron chi connectivity index (χ0n) is 10.7. The minimum atomic E-state index is -3.62. The van der Waals surface area contributed by atoms with Gasteiger partial charge in [-0.25, -0.2) is 12.8 Å². The van der Waals surface area contributed by atoms with Crippen LogP contribution >= 0.6 is 0 Å². The lowest BCUT2D eigenvalue weighted by molar-refractivity contribution is 0.00624. The highest BCUT2D eigenvalue weighted by Crippen LogP contribution is 2.18. The van der Waals surface area contributed by atoms with Crippen molar-refractivity contribution in [2.24, 2.45) is 5.73 Å². The third-order valence-corrected chi connectivity index (χ3v) is 4.74. The van der Waals surface area contributed by atoms with E-state index in [1.165, 1.54) is 25.3 Å². The molecule has 0 radical (unpaired) electrons. The summed E-state index contributed by atoms with van der Waals surface area (Å²) in [6.45, 7) is 3.41. The summed E-state index contributed by atoms with van der Waals surface area (Å²) in [5.74, 6) is -0.882. The van der Waals surface area contributed by atoms with Crippen LogP contribution in [0.3, 0.4) is 0 Å². The average molecular weight is 275 g/mol. The first-order valence-corrected chi connectivity index (χ1v) is 7.13. The van der Waals surface area contributed by atoms with Gasteiger partial charge in [0.2, 0.25) is 0 Å². The summed E-state index contributed by atoms with van der Waals surface area (Å²) in [4.78, 5) is -0.0650. The molecule has 1 unspecified atom stereocenters. The molecule has 1 aromatic rings. The Morgan fingerprint density at radius 2 is 2.06 bits per heavy atom. The van der Waals surface area contributed by atoms with Crippen LogP contribution < -0.4 is 5.73 Å². The molecule has 1 atom stereocenters. The number of methoxy groups -OCH3 is 1. The first-order valence-electron chi connectivity index (χ1n) is 5.48. The SMILES string of the molecule is COC(C)(C)C(N)CS(=O)(=O)c1cccc(F)c1. The third kappa shape index (κ3) is 3.51. The zero-order valence-corrected chi connectivity index (χ0v) is 11.5. The number of benzene rings is 1. The fraction of sp³-hybridized carbons (Fsp3) is 0.500. The van der Waals surface area contributed by atoms with Gasteiger partial charge in [-0.1, -0.05) is 6.07 Å². The van der Waals surface area contributed by atoms with Crippen molar-refractivity contribution in [2.45, 2.75) is 30.4 Å². The van der Waals surface area contributed by atoms with Crippen molar-refractivity contribution in [3.05, 3.63) is 30.1 Å². The molecule has 1 aromatic carbocycles. The lowest BCUT2D eigenvalue weighted by Gasteiger charge is -2.29. The Hall–Kier alpha value is -0.980. The molecule has 102 valence electrons. The van der Waals surface area contributed by atoms with Crippen molar-refractivity contribution in [1.82, 2.24) is 0 Å². The van der Waals surface area contributed by atoms with Crippen LogP contribution in [0.1, 0.15) is 13.8 Å². The van der Waals surface area contributed by atoms with Crippen LogP contribution in [-0.4, -0.2) is 32.9 Å². The minimum absolute atomic E-state index is 0.0650. The highest BCUT2D eigenvalue weighted by molar-refractivity contribution is 7.91. The molecule has 0 spiro atoms. The van der Waals surface area contributed by atoms with Gasteiger partial charge in [-0.3, -0.25) is 0 Å². The fourth-order valence-corrected chi connectivity index (χ4v) is 2.99. The molecule has 1 rings (SSSR count). The lowest BCUT2D eigenvalue weighted by Crippen LogP contribution is -2.48. The van der Waals surface area contributed by atoms with E-state index in [0.29, 0.717) is 0 Å². The maximum atomic E-state index is 13.0. The van der Waals surface area contributed by atoms with Crippen molar-refractivity contribution >= 4 is 9.84 Å². The van der Waals surface area contributed by atoms with Crippen LogP contribution in [0.5, 0.6) is 0 Å². The lowest BCUT2D eigenvalue weighted by atomic mass is 10.0. The van der Waals surface area contributed by atoms with E-state index < -0.39 is 27.3 Å². The Morgan fingerprint density at radius 1 is 1.44 bits per heavy atom. The maximum absolute atomic E-state index is 13.0. The summed E-state index contributed by atoms with van der Waals surface area (Å²) in [7, 11) is -2.15. The highest BCUT2D eigenvalue weighted by Gasteiger charge is 2.31. The third-order valence-electron chi connectivity index (χ3n) is 2.97. The van der Waals surface area contributed by atoms with Gasteiger partial charge >= 0.3 is 0 Å². The standard InChI is InChI=1S/C12H18FNO3S/c1-12(2,17-3)11(14)8-18(15,16)10-6-4-5-9(13)7-10/h4-7,11H,8,14H2,1-3H3. The number of hydrogen-bond acceptors (Lipinski definition) is 4. The molecule has 0 heterocycles. The second-order valence-electron chi connectivity index (χ2n) is 4.65. The molecule has 0 aliphatic carbocycles. The van der Waals surface area contributed by atoms with E-state index in [1.807, 2.05) is 0 Å². The van der Waals surface area contributed by atoms with E-state index in [-0.39, 0.29) is 10.6 Å². The van der Waals surface area contributed by atoms with E-state index >= 15 is 0 Å². The predicted molar refractivity (Wildman–Crippen MR) is 67.5 cm³/mol. The van der Waals surface area contributed by atoms with Gasteiger partial charge in [-0.15, -0.1) is 0 Å². The topological polar surface area (TPSA) is 69.4 Å². The highest BCUT2D eigenvalue weighted by atomic mass is 32.2. The maximum Gasteiger partial charge on any atom is 0.180 e. The Balaban J connectivity index is 2.96. The van der Waals surface area contributed by atoms with Crippen molar-refractivity contribution in [2.75, 3.05) is 12.9 Å². The van der Waals surface area contributed by atoms with Gasteiger partial charge in [0, 0.05) is 13.2 Å².